The van der Waals surface area contributed by atoms with Crippen LogP contribution in [0.2, 0.25) is 0 Å². The maximum atomic E-state index is 10.1. The van der Waals surface area contributed by atoms with Crippen molar-refractivity contribution in [3.63, 3.8) is 0 Å². The van der Waals surface area contributed by atoms with Gasteiger partial charge in [-0.3, -0.25) is 0 Å². The van der Waals surface area contributed by atoms with Gasteiger partial charge in [-0.15, -0.1) is 6.58 Å². The Hall–Kier alpha value is -0.340. The van der Waals surface area contributed by atoms with E-state index in [0.717, 1.165) is 25.7 Å². The summed E-state index contributed by atoms with van der Waals surface area (Å²) in [6.07, 6.45) is 6.63. The summed E-state index contributed by atoms with van der Waals surface area (Å²) in [6, 6.07) is 0. The van der Waals surface area contributed by atoms with Crippen LogP contribution in [0.15, 0.2) is 12.7 Å². The number of aliphatic hydroxyl groups is 1. The van der Waals surface area contributed by atoms with Gasteiger partial charge in [0.25, 0.3) is 0 Å². The van der Waals surface area contributed by atoms with Crippen molar-refractivity contribution >= 4 is 0 Å². The topological polar surface area (TPSA) is 29.5 Å². The summed E-state index contributed by atoms with van der Waals surface area (Å²) in [4.78, 5) is 0. The lowest BCUT2D eigenvalue weighted by atomic mass is 9.81. The molecular weight excluding hydrogens is 152 g/mol. The van der Waals surface area contributed by atoms with Gasteiger partial charge in [0.15, 0.2) is 0 Å². The number of rotatable bonds is 3. The highest BCUT2D eigenvalue weighted by Crippen LogP contribution is 2.32. The van der Waals surface area contributed by atoms with E-state index in [2.05, 4.69) is 6.58 Å². The Morgan fingerprint density at radius 3 is 2.42 bits per heavy atom. The number of hydrogen-bond acceptors (Lipinski definition) is 2. The van der Waals surface area contributed by atoms with E-state index >= 15 is 0 Å². The maximum absolute atomic E-state index is 10.1. The van der Waals surface area contributed by atoms with Gasteiger partial charge in [0.1, 0.15) is 6.10 Å². The molecule has 1 N–H and O–H groups in total. The Bertz CT molecular complexity index is 148. The molecular formula is C10H18O2. The molecule has 1 aliphatic carbocycles. The van der Waals surface area contributed by atoms with Gasteiger partial charge in [-0.05, 0) is 12.8 Å². The van der Waals surface area contributed by atoms with Crippen LogP contribution in [0.25, 0.3) is 0 Å². The van der Waals surface area contributed by atoms with Gasteiger partial charge < -0.3 is 9.84 Å². The summed E-state index contributed by atoms with van der Waals surface area (Å²) in [5.41, 5.74) is -0.644. The zero-order valence-electron chi connectivity index (χ0n) is 7.75. The second-order valence-corrected chi connectivity index (χ2v) is 3.56. The molecule has 0 saturated heterocycles. The summed E-state index contributed by atoms with van der Waals surface area (Å²) in [6.45, 7) is 3.67. The van der Waals surface area contributed by atoms with Gasteiger partial charge in [0.2, 0.25) is 0 Å². The fourth-order valence-electron chi connectivity index (χ4n) is 1.98. The molecule has 0 aromatic carbocycles. The van der Waals surface area contributed by atoms with Gasteiger partial charge in [0, 0.05) is 7.11 Å². The molecule has 0 aromatic rings. The van der Waals surface area contributed by atoms with E-state index in [0.29, 0.717) is 0 Å². The standard InChI is InChI=1S/C10H18O2/c1-3-9(12-2)10(11)7-5-4-6-8-10/h3,9,11H,1,4-8H2,2H3. The molecule has 70 valence electrons. The third-order valence-electron chi connectivity index (χ3n) is 2.72. The third kappa shape index (κ3) is 1.87. The van der Waals surface area contributed by atoms with Gasteiger partial charge in [-0.1, -0.05) is 25.3 Å². The van der Waals surface area contributed by atoms with Crippen LogP contribution in [-0.4, -0.2) is 23.9 Å². The molecule has 0 radical (unpaired) electrons. The van der Waals surface area contributed by atoms with E-state index in [9.17, 15) is 5.11 Å². The van der Waals surface area contributed by atoms with E-state index in [1.807, 2.05) is 0 Å². The molecule has 0 amide bonds. The van der Waals surface area contributed by atoms with Crippen LogP contribution >= 0.6 is 0 Å². The molecule has 2 heteroatoms. The first-order valence-electron chi connectivity index (χ1n) is 4.60. The normalized spacial score (nSPS) is 24.8. The summed E-state index contributed by atoms with van der Waals surface area (Å²) in [7, 11) is 1.62. The molecule has 1 aliphatic rings. The number of ether oxygens (including phenoxy) is 1. The molecule has 0 aliphatic heterocycles. The van der Waals surface area contributed by atoms with Gasteiger partial charge in [-0.25, -0.2) is 0 Å². The molecule has 1 saturated carbocycles. The second kappa shape index (κ2) is 4.06. The molecule has 1 unspecified atom stereocenters. The zero-order valence-corrected chi connectivity index (χ0v) is 7.75. The highest BCUT2D eigenvalue weighted by Gasteiger charge is 2.36. The first-order valence-corrected chi connectivity index (χ1v) is 4.60. The lowest BCUT2D eigenvalue weighted by molar-refractivity contribution is -0.0913. The molecule has 0 heterocycles. The second-order valence-electron chi connectivity index (χ2n) is 3.56. The van der Waals surface area contributed by atoms with Crippen molar-refractivity contribution in [3.8, 4) is 0 Å². The Balaban J connectivity index is 2.59. The molecule has 1 fully saturated rings. The highest BCUT2D eigenvalue weighted by atomic mass is 16.5. The first-order chi connectivity index (χ1) is 5.73. The van der Waals surface area contributed by atoms with E-state index in [1.54, 1.807) is 13.2 Å². The molecule has 2 nitrogen and oxygen atoms in total. The van der Waals surface area contributed by atoms with E-state index in [1.165, 1.54) is 6.42 Å². The van der Waals surface area contributed by atoms with Gasteiger partial charge in [0.05, 0.1) is 5.60 Å². The van der Waals surface area contributed by atoms with Crippen LogP contribution in [-0.2, 0) is 4.74 Å². The van der Waals surface area contributed by atoms with Crippen LogP contribution in [0.1, 0.15) is 32.1 Å². The smallest absolute Gasteiger partial charge is 0.104 e. The van der Waals surface area contributed by atoms with E-state index in [4.69, 9.17) is 4.74 Å². The molecule has 12 heavy (non-hydrogen) atoms. The average Bonchev–Trinajstić information content (AvgIpc) is 2.07. The van der Waals surface area contributed by atoms with E-state index in [-0.39, 0.29) is 6.10 Å². The van der Waals surface area contributed by atoms with Crippen LogP contribution < -0.4 is 0 Å². The minimum Gasteiger partial charge on any atom is -0.387 e. The fourth-order valence-corrected chi connectivity index (χ4v) is 1.98. The van der Waals surface area contributed by atoms with Crippen LogP contribution in [0.4, 0.5) is 0 Å². The molecule has 1 rings (SSSR count). The molecule has 0 aromatic heterocycles. The van der Waals surface area contributed by atoms with Gasteiger partial charge in [-0.2, -0.15) is 0 Å². The molecule has 0 bridgehead atoms. The maximum Gasteiger partial charge on any atom is 0.104 e. The Labute approximate surface area is 74.2 Å². The van der Waals surface area contributed by atoms with Crippen molar-refractivity contribution in [3.05, 3.63) is 12.7 Å². The zero-order chi connectivity index (χ0) is 9.03. The Morgan fingerprint density at radius 1 is 1.42 bits per heavy atom. The van der Waals surface area contributed by atoms with Crippen LogP contribution in [0.5, 0.6) is 0 Å². The molecule has 1 atom stereocenters. The first kappa shape index (κ1) is 9.75. The van der Waals surface area contributed by atoms with Crippen molar-refractivity contribution in [2.75, 3.05) is 7.11 Å². The third-order valence-corrected chi connectivity index (χ3v) is 2.72. The SMILES string of the molecule is C=CC(OC)C1(O)CCCCC1. The van der Waals surface area contributed by atoms with Crippen molar-refractivity contribution in [1.82, 2.24) is 0 Å². The number of hydrogen-bond donors (Lipinski definition) is 1. The van der Waals surface area contributed by atoms with Crippen LogP contribution in [0, 0.1) is 0 Å². The van der Waals surface area contributed by atoms with Crippen molar-refractivity contribution in [1.29, 1.82) is 0 Å². The predicted octanol–water partition coefficient (Wildman–Crippen LogP) is 1.88. The monoisotopic (exact) mass is 170 g/mol. The quantitative estimate of drug-likeness (QED) is 0.655. The summed E-state index contributed by atoms with van der Waals surface area (Å²) in [5.74, 6) is 0. The highest BCUT2D eigenvalue weighted by molar-refractivity contribution is 4.98. The van der Waals surface area contributed by atoms with Gasteiger partial charge >= 0.3 is 0 Å². The summed E-state index contributed by atoms with van der Waals surface area (Å²) in [5, 5.41) is 10.1. The minimum absolute atomic E-state index is 0.196. The van der Waals surface area contributed by atoms with Crippen LogP contribution in [0.3, 0.4) is 0 Å². The predicted molar refractivity (Wildman–Crippen MR) is 49.0 cm³/mol. The average molecular weight is 170 g/mol. The number of methoxy groups -OCH3 is 1. The Morgan fingerprint density at radius 2 is 2.00 bits per heavy atom. The lowest BCUT2D eigenvalue weighted by Gasteiger charge is -2.36. The van der Waals surface area contributed by atoms with E-state index < -0.39 is 5.60 Å². The minimum atomic E-state index is -0.644. The summed E-state index contributed by atoms with van der Waals surface area (Å²) >= 11 is 0. The molecule has 0 spiro atoms. The summed E-state index contributed by atoms with van der Waals surface area (Å²) < 4.78 is 5.17. The van der Waals surface area contributed by atoms with Crippen molar-refractivity contribution in [2.24, 2.45) is 0 Å². The Kier molecular flexibility index (Phi) is 3.29. The van der Waals surface area contributed by atoms with Crippen molar-refractivity contribution in [2.45, 2.75) is 43.8 Å². The lowest BCUT2D eigenvalue weighted by Crippen LogP contribution is -2.43. The van der Waals surface area contributed by atoms with Crippen molar-refractivity contribution < 1.29 is 9.84 Å². The largest absolute Gasteiger partial charge is 0.387 e. The fraction of sp³-hybridized carbons (Fsp3) is 0.800.